The smallest absolute Gasteiger partial charge is 0.355 e. The molecule has 5 rings (SSSR count). The second-order valence-electron chi connectivity index (χ2n) is 9.18. The van der Waals surface area contributed by atoms with E-state index >= 15 is 0 Å². The van der Waals surface area contributed by atoms with Gasteiger partial charge in [0.1, 0.15) is 5.75 Å². The average molecular weight is 591 g/mol. The van der Waals surface area contributed by atoms with E-state index in [2.05, 4.69) is 25.5 Å². The molecule has 3 heterocycles. The van der Waals surface area contributed by atoms with E-state index in [1.807, 2.05) is 72.5 Å². The monoisotopic (exact) mass is 590 g/mol. The Kier molecular flexibility index (Phi) is 9.34. The number of benzene rings is 2. The molecule has 0 radical (unpaired) electrons. The van der Waals surface area contributed by atoms with E-state index in [0.29, 0.717) is 60.7 Å². The maximum Gasteiger partial charge on any atom is 0.355 e. The van der Waals surface area contributed by atoms with Gasteiger partial charge in [0.05, 0.1) is 16.8 Å². The zero-order valence-corrected chi connectivity index (χ0v) is 24.4. The average Bonchev–Trinajstić information content (AvgIpc) is 3.59. The van der Waals surface area contributed by atoms with Gasteiger partial charge < -0.3 is 24.8 Å². The molecule has 41 heavy (non-hydrogen) atoms. The van der Waals surface area contributed by atoms with Crippen LogP contribution in [0.4, 0.5) is 21.9 Å². The van der Waals surface area contributed by atoms with Crippen molar-refractivity contribution in [3.05, 3.63) is 76.8 Å². The maximum absolute atomic E-state index is 12.1. The number of nitrogens with one attached hydrogen (secondary N) is 1. The van der Waals surface area contributed by atoms with Crippen LogP contribution in [-0.2, 0) is 11.2 Å². The number of ether oxygens (including phenoxy) is 2. The number of para-hydroxylation sites is 2. The Morgan fingerprint density at radius 2 is 1.80 bits per heavy atom. The number of carboxylic acid groups (broad SMARTS) is 1. The molecule has 10 nitrogen and oxygen atoms in total. The first-order valence-corrected chi connectivity index (χ1v) is 14.8. The van der Waals surface area contributed by atoms with Gasteiger partial charge in [-0.05, 0) is 62.1 Å². The van der Waals surface area contributed by atoms with Crippen LogP contribution in [0.15, 0.2) is 60.7 Å². The van der Waals surface area contributed by atoms with Crippen molar-refractivity contribution in [2.24, 2.45) is 0 Å². The van der Waals surface area contributed by atoms with Crippen LogP contribution in [0, 0.1) is 6.92 Å². The molecule has 0 fully saturated rings. The Labute approximate surface area is 245 Å². The highest BCUT2D eigenvalue weighted by Crippen LogP contribution is 2.34. The number of carboxylic acids is 1. The van der Waals surface area contributed by atoms with Crippen molar-refractivity contribution in [3.63, 3.8) is 0 Å². The molecule has 0 unspecified atom stereocenters. The summed E-state index contributed by atoms with van der Waals surface area (Å²) in [5.74, 6) is 0.920. The largest absolute Gasteiger partial charge is 0.494 e. The molecule has 0 aliphatic carbocycles. The van der Waals surface area contributed by atoms with E-state index in [1.165, 1.54) is 11.3 Å². The van der Waals surface area contributed by atoms with Gasteiger partial charge in [0.15, 0.2) is 27.6 Å². The van der Waals surface area contributed by atoms with Crippen LogP contribution >= 0.6 is 22.7 Å². The molecule has 5 aromatic rings. The van der Waals surface area contributed by atoms with Gasteiger partial charge in [-0.25, -0.2) is 14.8 Å². The predicted octanol–water partition coefficient (Wildman–Crippen LogP) is 6.48. The summed E-state index contributed by atoms with van der Waals surface area (Å²) in [5.41, 5.74) is 1.85. The minimum Gasteiger partial charge on any atom is -0.494 e. The Morgan fingerprint density at radius 3 is 2.56 bits per heavy atom. The van der Waals surface area contributed by atoms with Gasteiger partial charge in [-0.15, -0.1) is 21.5 Å². The zero-order chi connectivity index (χ0) is 28.6. The number of rotatable bonds is 14. The lowest BCUT2D eigenvalue weighted by Gasteiger charge is -2.21. The Bertz CT molecular complexity index is 1570. The van der Waals surface area contributed by atoms with Crippen molar-refractivity contribution in [1.29, 1.82) is 0 Å². The van der Waals surface area contributed by atoms with Gasteiger partial charge in [0.2, 0.25) is 0 Å². The summed E-state index contributed by atoms with van der Waals surface area (Å²) in [6.45, 7) is 3.50. The van der Waals surface area contributed by atoms with E-state index in [-0.39, 0.29) is 5.69 Å². The fraction of sp³-hybridized carbons (Fsp3) is 0.276. The summed E-state index contributed by atoms with van der Waals surface area (Å²) in [4.78, 5) is 23.8. The number of hydrogen-bond donors (Lipinski definition) is 2. The molecular formula is C29H30N6O4S2. The van der Waals surface area contributed by atoms with Crippen molar-refractivity contribution >= 4 is 60.8 Å². The Hall–Kier alpha value is -4.13. The molecule has 0 saturated carbocycles. The van der Waals surface area contributed by atoms with E-state index in [0.717, 1.165) is 26.7 Å². The van der Waals surface area contributed by atoms with E-state index in [1.54, 1.807) is 18.4 Å². The lowest BCUT2D eigenvalue weighted by atomic mass is 10.2. The molecule has 2 aromatic carbocycles. The molecule has 0 spiro atoms. The quantitative estimate of drug-likeness (QED) is 0.139. The first-order valence-electron chi connectivity index (χ1n) is 13.2. The molecule has 3 aromatic heterocycles. The number of aryl methyl sites for hydroxylation is 2. The first-order chi connectivity index (χ1) is 20.0. The van der Waals surface area contributed by atoms with Crippen molar-refractivity contribution < 1.29 is 19.4 Å². The zero-order valence-electron chi connectivity index (χ0n) is 22.7. The molecule has 0 amide bonds. The van der Waals surface area contributed by atoms with Gasteiger partial charge in [0, 0.05) is 25.1 Å². The van der Waals surface area contributed by atoms with Gasteiger partial charge in [0.25, 0.3) is 0 Å². The molecule has 0 aliphatic heterocycles. The number of aromatic carboxylic acids is 1. The molecule has 0 atom stereocenters. The van der Waals surface area contributed by atoms with Crippen LogP contribution in [0.3, 0.4) is 0 Å². The summed E-state index contributed by atoms with van der Waals surface area (Å²) in [5, 5.41) is 23.4. The number of anilines is 4. The number of hydrogen-bond acceptors (Lipinski definition) is 11. The van der Waals surface area contributed by atoms with Crippen LogP contribution < -0.4 is 15.0 Å². The Morgan fingerprint density at radius 1 is 1.00 bits per heavy atom. The fourth-order valence-electron chi connectivity index (χ4n) is 4.16. The summed E-state index contributed by atoms with van der Waals surface area (Å²) in [6, 6.07) is 19.4. The third-order valence-electron chi connectivity index (χ3n) is 6.18. The van der Waals surface area contributed by atoms with E-state index < -0.39 is 5.97 Å². The molecule has 12 heteroatoms. The van der Waals surface area contributed by atoms with E-state index in [9.17, 15) is 9.90 Å². The highest BCUT2D eigenvalue weighted by Gasteiger charge is 2.23. The summed E-state index contributed by atoms with van der Waals surface area (Å²) >= 11 is 2.90. The fourth-order valence-corrected chi connectivity index (χ4v) is 6.15. The predicted molar refractivity (Wildman–Crippen MR) is 163 cm³/mol. The van der Waals surface area contributed by atoms with Gasteiger partial charge in [-0.1, -0.05) is 41.7 Å². The number of methoxy groups -OCH3 is 1. The van der Waals surface area contributed by atoms with Crippen LogP contribution in [0.25, 0.3) is 10.2 Å². The normalized spacial score (nSPS) is 11.1. The van der Waals surface area contributed by atoms with Crippen LogP contribution in [-0.4, -0.2) is 58.1 Å². The molecule has 2 N–H and O–H groups in total. The van der Waals surface area contributed by atoms with Gasteiger partial charge in [-0.2, -0.15) is 0 Å². The maximum atomic E-state index is 12.1. The van der Waals surface area contributed by atoms with Crippen molar-refractivity contribution in [2.45, 2.75) is 26.2 Å². The van der Waals surface area contributed by atoms with Gasteiger partial charge in [-0.3, -0.25) is 0 Å². The summed E-state index contributed by atoms with van der Waals surface area (Å²) in [6.07, 6.45) is 1.89. The second kappa shape index (κ2) is 13.5. The minimum atomic E-state index is -1.05. The van der Waals surface area contributed by atoms with Crippen LogP contribution in [0.2, 0.25) is 0 Å². The number of fused-ring (bicyclic) bond motifs is 1. The number of nitrogens with zero attached hydrogens (tertiary/aromatic N) is 5. The number of thiazole rings is 2. The Balaban J connectivity index is 1.34. The molecule has 0 bridgehead atoms. The first kappa shape index (κ1) is 28.4. The van der Waals surface area contributed by atoms with Crippen molar-refractivity contribution in [2.75, 3.05) is 37.1 Å². The third-order valence-corrected chi connectivity index (χ3v) is 8.27. The highest BCUT2D eigenvalue weighted by atomic mass is 32.1. The second-order valence-corrected chi connectivity index (χ2v) is 11.3. The highest BCUT2D eigenvalue weighted by molar-refractivity contribution is 7.22. The number of carbonyl (C=O) groups is 1. The lowest BCUT2D eigenvalue weighted by Crippen LogP contribution is -2.21. The van der Waals surface area contributed by atoms with Gasteiger partial charge >= 0.3 is 5.97 Å². The van der Waals surface area contributed by atoms with Crippen molar-refractivity contribution in [1.82, 2.24) is 20.2 Å². The number of aromatic nitrogens is 4. The molecule has 0 aliphatic rings. The SMILES string of the molecule is COCCCN(c1cc(C)c(Nc2nc3ccccc3s2)nn1)c1nc(C(=O)O)c(CCCOc2ccccc2)s1. The minimum absolute atomic E-state index is 0.0558. The van der Waals surface area contributed by atoms with E-state index in [4.69, 9.17) is 9.47 Å². The van der Waals surface area contributed by atoms with Crippen LogP contribution in [0.1, 0.15) is 33.8 Å². The van der Waals surface area contributed by atoms with Crippen LogP contribution in [0.5, 0.6) is 5.75 Å². The summed E-state index contributed by atoms with van der Waals surface area (Å²) in [7, 11) is 1.65. The van der Waals surface area contributed by atoms with Crippen molar-refractivity contribution in [3.8, 4) is 5.75 Å². The molecule has 212 valence electrons. The summed E-state index contributed by atoms with van der Waals surface area (Å²) < 4.78 is 12.1. The third kappa shape index (κ3) is 7.15. The molecular weight excluding hydrogens is 560 g/mol. The lowest BCUT2D eigenvalue weighted by molar-refractivity contribution is 0.0690. The standard InChI is InChI=1S/C29H30N6O4S2/c1-19-18-24(33-34-26(19)32-28-30-21-12-6-7-13-22(21)40-28)35(15-9-16-38-2)29-31-25(27(36)37)23(41-29)14-8-17-39-20-10-4-3-5-11-20/h3-7,10-13,18H,8-9,14-17H2,1-2H3,(H,36,37)(H,30,32,34). The topological polar surface area (TPSA) is 123 Å². The molecule has 0 saturated heterocycles.